The largest absolute Gasteiger partial charge is 0.315 e. The Morgan fingerprint density at radius 3 is 3.15 bits per heavy atom. The Kier molecular flexibility index (Phi) is 3.68. The average molecular weight is 194 g/mol. The molecule has 0 fully saturated rings. The van der Waals surface area contributed by atoms with Crippen molar-refractivity contribution in [2.45, 2.75) is 18.1 Å². The van der Waals surface area contributed by atoms with E-state index in [0.29, 0.717) is 10.9 Å². The predicted octanol–water partition coefficient (Wildman–Crippen LogP) is 0.728. The first-order chi connectivity index (χ1) is 6.22. The zero-order valence-electron chi connectivity index (χ0n) is 7.27. The van der Waals surface area contributed by atoms with E-state index < -0.39 is 6.04 Å². The van der Waals surface area contributed by atoms with Gasteiger partial charge in [-0.1, -0.05) is 11.8 Å². The van der Waals surface area contributed by atoms with Gasteiger partial charge in [0.05, 0.1) is 6.07 Å². The first-order valence-electron chi connectivity index (χ1n) is 3.80. The summed E-state index contributed by atoms with van der Waals surface area (Å²) in [6, 6.07) is 3.33. The molecular weight excluding hydrogens is 184 g/mol. The van der Waals surface area contributed by atoms with Crippen LogP contribution in [0, 0.1) is 18.3 Å². The summed E-state index contributed by atoms with van der Waals surface area (Å²) in [6.07, 6.45) is 1.70. The van der Waals surface area contributed by atoms with Gasteiger partial charge in [-0.3, -0.25) is 0 Å². The van der Waals surface area contributed by atoms with Crippen molar-refractivity contribution < 1.29 is 0 Å². The Bertz CT molecular complexity index is 320. The number of hydrogen-bond donors (Lipinski definition) is 1. The second kappa shape index (κ2) is 4.80. The summed E-state index contributed by atoms with van der Waals surface area (Å²) in [5.74, 6) is 0.528. The van der Waals surface area contributed by atoms with Gasteiger partial charge < -0.3 is 5.73 Å². The lowest BCUT2D eigenvalue weighted by Gasteiger charge is -2.01. The number of nitrogens with zero attached hydrogens (tertiary/aromatic N) is 3. The number of aryl methyl sites for hydroxylation is 1. The summed E-state index contributed by atoms with van der Waals surface area (Å²) < 4.78 is 0. The van der Waals surface area contributed by atoms with Crippen molar-refractivity contribution in [1.29, 1.82) is 5.26 Å². The van der Waals surface area contributed by atoms with Crippen molar-refractivity contribution >= 4 is 11.8 Å². The Labute approximate surface area is 81.2 Å². The highest BCUT2D eigenvalue weighted by Crippen LogP contribution is 2.12. The van der Waals surface area contributed by atoms with E-state index in [1.807, 2.05) is 19.1 Å². The van der Waals surface area contributed by atoms with Crippen molar-refractivity contribution in [3.05, 3.63) is 18.0 Å². The number of thioether (sulfide) groups is 1. The number of nitrogens with two attached hydrogens (primary N) is 1. The highest BCUT2D eigenvalue weighted by atomic mass is 32.2. The standard InChI is InChI=1S/C8H10N4S/c1-6-2-3-11-8(12-6)13-5-7(10)4-9/h2-3,7H,5,10H2,1H3. The lowest BCUT2D eigenvalue weighted by Crippen LogP contribution is -2.20. The van der Waals surface area contributed by atoms with Gasteiger partial charge in [-0.2, -0.15) is 5.26 Å². The second-order valence-electron chi connectivity index (χ2n) is 2.53. The Morgan fingerprint density at radius 1 is 1.77 bits per heavy atom. The third kappa shape index (κ3) is 3.40. The lowest BCUT2D eigenvalue weighted by atomic mass is 10.4. The quantitative estimate of drug-likeness (QED) is 0.567. The zero-order valence-corrected chi connectivity index (χ0v) is 8.08. The van der Waals surface area contributed by atoms with E-state index in [-0.39, 0.29) is 0 Å². The van der Waals surface area contributed by atoms with Crippen LogP contribution >= 0.6 is 11.8 Å². The topological polar surface area (TPSA) is 75.6 Å². The van der Waals surface area contributed by atoms with Crippen LogP contribution in [0.1, 0.15) is 5.69 Å². The molecule has 0 amide bonds. The van der Waals surface area contributed by atoms with Gasteiger partial charge in [-0.25, -0.2) is 9.97 Å². The first-order valence-corrected chi connectivity index (χ1v) is 4.78. The van der Waals surface area contributed by atoms with E-state index in [1.165, 1.54) is 11.8 Å². The maximum Gasteiger partial charge on any atom is 0.187 e. The summed E-state index contributed by atoms with van der Waals surface area (Å²) in [5, 5.41) is 9.11. The van der Waals surface area contributed by atoms with Crippen LogP contribution in [0.25, 0.3) is 0 Å². The van der Waals surface area contributed by atoms with Crippen LogP contribution < -0.4 is 5.73 Å². The minimum absolute atomic E-state index is 0.450. The molecular formula is C8H10N4S. The molecule has 13 heavy (non-hydrogen) atoms. The maximum absolute atomic E-state index is 8.44. The molecule has 0 aromatic carbocycles. The molecule has 0 spiro atoms. The van der Waals surface area contributed by atoms with Gasteiger partial charge in [0.25, 0.3) is 0 Å². The van der Waals surface area contributed by atoms with Crippen molar-refractivity contribution in [2.75, 3.05) is 5.75 Å². The summed E-state index contributed by atoms with van der Waals surface area (Å²) >= 11 is 1.40. The van der Waals surface area contributed by atoms with Crippen molar-refractivity contribution in [3.63, 3.8) is 0 Å². The Hall–Kier alpha value is -1.12. The number of nitriles is 1. The Morgan fingerprint density at radius 2 is 2.54 bits per heavy atom. The SMILES string of the molecule is Cc1ccnc(SCC(N)C#N)n1. The van der Waals surface area contributed by atoms with Crippen molar-refractivity contribution in [1.82, 2.24) is 9.97 Å². The van der Waals surface area contributed by atoms with Crippen molar-refractivity contribution in [2.24, 2.45) is 5.73 Å². The highest BCUT2D eigenvalue weighted by Gasteiger charge is 2.02. The summed E-state index contributed by atoms with van der Waals surface area (Å²) in [4.78, 5) is 8.20. The molecule has 1 unspecified atom stereocenters. The number of aromatic nitrogens is 2. The molecule has 2 N–H and O–H groups in total. The molecule has 1 atom stereocenters. The average Bonchev–Trinajstić information content (AvgIpc) is 2.14. The van der Waals surface area contributed by atoms with Gasteiger partial charge >= 0.3 is 0 Å². The highest BCUT2D eigenvalue weighted by molar-refractivity contribution is 7.99. The van der Waals surface area contributed by atoms with E-state index in [2.05, 4.69) is 9.97 Å². The van der Waals surface area contributed by atoms with Gasteiger partial charge in [0.15, 0.2) is 5.16 Å². The van der Waals surface area contributed by atoms with Crippen LogP contribution in [0.3, 0.4) is 0 Å². The first kappa shape index (κ1) is 9.96. The molecule has 1 aromatic rings. The molecule has 0 saturated heterocycles. The maximum atomic E-state index is 8.44. The van der Waals surface area contributed by atoms with Crippen LogP contribution in [0.2, 0.25) is 0 Å². The molecule has 4 nitrogen and oxygen atoms in total. The van der Waals surface area contributed by atoms with Crippen LogP contribution in [0.15, 0.2) is 17.4 Å². The molecule has 1 heterocycles. The van der Waals surface area contributed by atoms with Crippen LogP contribution in [0.4, 0.5) is 0 Å². The fraction of sp³-hybridized carbons (Fsp3) is 0.375. The molecule has 0 aliphatic carbocycles. The number of hydrogen-bond acceptors (Lipinski definition) is 5. The minimum atomic E-state index is -0.450. The zero-order chi connectivity index (χ0) is 9.68. The minimum Gasteiger partial charge on any atom is -0.315 e. The van der Waals surface area contributed by atoms with Gasteiger partial charge in [-0.05, 0) is 13.0 Å². The Balaban J connectivity index is 2.51. The molecule has 1 aromatic heterocycles. The summed E-state index contributed by atoms with van der Waals surface area (Å²) in [7, 11) is 0. The van der Waals surface area contributed by atoms with Crippen LogP contribution in [-0.2, 0) is 0 Å². The second-order valence-corrected chi connectivity index (χ2v) is 3.51. The summed E-state index contributed by atoms with van der Waals surface area (Å²) in [5.41, 5.74) is 6.34. The molecule has 0 saturated carbocycles. The lowest BCUT2D eigenvalue weighted by molar-refractivity contribution is 0.912. The van der Waals surface area contributed by atoms with E-state index in [1.54, 1.807) is 6.20 Å². The monoisotopic (exact) mass is 194 g/mol. The molecule has 0 aliphatic heterocycles. The molecule has 68 valence electrons. The number of rotatable bonds is 3. The fourth-order valence-electron chi connectivity index (χ4n) is 0.697. The molecule has 0 bridgehead atoms. The van der Waals surface area contributed by atoms with Gasteiger partial charge in [-0.15, -0.1) is 0 Å². The van der Waals surface area contributed by atoms with Crippen LogP contribution in [0.5, 0.6) is 0 Å². The predicted molar refractivity (Wildman–Crippen MR) is 51.1 cm³/mol. The third-order valence-corrected chi connectivity index (χ3v) is 2.31. The van der Waals surface area contributed by atoms with Gasteiger partial charge in [0.1, 0.15) is 6.04 Å². The third-order valence-electron chi connectivity index (χ3n) is 1.33. The molecule has 0 aliphatic rings. The van der Waals surface area contributed by atoms with Gasteiger partial charge in [0, 0.05) is 17.6 Å². The van der Waals surface area contributed by atoms with E-state index in [9.17, 15) is 0 Å². The van der Waals surface area contributed by atoms with E-state index in [4.69, 9.17) is 11.0 Å². The van der Waals surface area contributed by atoms with E-state index in [0.717, 1.165) is 5.69 Å². The molecule has 0 radical (unpaired) electrons. The van der Waals surface area contributed by atoms with E-state index >= 15 is 0 Å². The molecule has 5 heteroatoms. The molecule has 1 rings (SSSR count). The van der Waals surface area contributed by atoms with Crippen LogP contribution in [-0.4, -0.2) is 21.8 Å². The fourth-order valence-corrected chi connectivity index (χ4v) is 1.44. The van der Waals surface area contributed by atoms with Crippen molar-refractivity contribution in [3.8, 4) is 6.07 Å². The van der Waals surface area contributed by atoms with Gasteiger partial charge in [0.2, 0.25) is 0 Å². The smallest absolute Gasteiger partial charge is 0.187 e. The normalized spacial score (nSPS) is 12.1. The summed E-state index contributed by atoms with van der Waals surface area (Å²) in [6.45, 7) is 1.90.